The molecule has 0 radical (unpaired) electrons. The van der Waals surface area contributed by atoms with E-state index in [9.17, 15) is 18.0 Å². The van der Waals surface area contributed by atoms with Gasteiger partial charge in [-0.05, 0) is 60.2 Å². The van der Waals surface area contributed by atoms with Crippen LogP contribution >= 0.6 is 11.3 Å². The highest BCUT2D eigenvalue weighted by Crippen LogP contribution is 2.31. The molecule has 0 spiro atoms. The summed E-state index contributed by atoms with van der Waals surface area (Å²) in [6.07, 6.45) is -4.44. The van der Waals surface area contributed by atoms with E-state index in [1.807, 2.05) is 90.6 Å². The molecule has 200 valence electrons. The molecule has 0 aliphatic rings. The van der Waals surface area contributed by atoms with Crippen LogP contribution in [0.2, 0.25) is 0 Å². The van der Waals surface area contributed by atoms with Gasteiger partial charge >= 0.3 is 6.18 Å². The van der Waals surface area contributed by atoms with E-state index in [-0.39, 0.29) is 5.56 Å². The number of rotatable bonds is 4. The van der Waals surface area contributed by atoms with Crippen molar-refractivity contribution in [2.24, 2.45) is 12.0 Å². The molecule has 0 atom stereocenters. The molecule has 0 bridgehead atoms. The van der Waals surface area contributed by atoms with E-state index in [0.717, 1.165) is 34.2 Å². The first kappa shape index (κ1) is 25.6. The van der Waals surface area contributed by atoms with Gasteiger partial charge in [0.05, 0.1) is 28.3 Å². The van der Waals surface area contributed by atoms with Crippen molar-refractivity contribution in [2.45, 2.75) is 13.1 Å². The van der Waals surface area contributed by atoms with Crippen molar-refractivity contribution < 1.29 is 13.2 Å². The average molecular weight is 557 g/mol. The van der Waals surface area contributed by atoms with Gasteiger partial charge in [-0.25, -0.2) is 9.67 Å². The second kappa shape index (κ2) is 9.84. The molecule has 0 N–H and O–H groups in total. The number of thiazole rings is 1. The number of nitrogens with zero attached hydrogens (tertiary/aromatic N) is 4. The Kier molecular flexibility index (Phi) is 6.31. The molecule has 5 nitrogen and oxygen atoms in total. The molecule has 2 heterocycles. The lowest BCUT2D eigenvalue weighted by molar-refractivity contribution is -0.137. The van der Waals surface area contributed by atoms with E-state index in [2.05, 4.69) is 6.07 Å². The van der Waals surface area contributed by atoms with Crippen molar-refractivity contribution in [1.29, 1.82) is 0 Å². The number of hydrogen-bond acceptors (Lipinski definition) is 3. The standard InChI is InChI=1S/C31H23F3N4OS/c1-20-28(29(39)38(36(20)2)26-10-4-3-5-11-26)37-27(23-13-12-21-8-6-7-9-22(21)18-23)19-40-30(37)35-25-16-14-24(15-17-25)31(32,33)34/h3-19H,1-2H3. The van der Waals surface area contributed by atoms with E-state index in [0.29, 0.717) is 27.6 Å². The molecule has 0 saturated carbocycles. The predicted octanol–water partition coefficient (Wildman–Crippen LogP) is 7.41. The van der Waals surface area contributed by atoms with Crippen LogP contribution in [0.15, 0.2) is 112 Å². The lowest BCUT2D eigenvalue weighted by Crippen LogP contribution is -2.24. The second-order valence-corrected chi connectivity index (χ2v) is 10.2. The summed E-state index contributed by atoms with van der Waals surface area (Å²) in [5.41, 5.74) is 2.86. The van der Waals surface area contributed by atoms with Gasteiger partial charge in [0.25, 0.3) is 5.56 Å². The zero-order valence-corrected chi connectivity index (χ0v) is 22.4. The second-order valence-electron chi connectivity index (χ2n) is 9.37. The average Bonchev–Trinajstić information content (AvgIpc) is 3.45. The van der Waals surface area contributed by atoms with Gasteiger partial charge in [0.1, 0.15) is 5.69 Å². The van der Waals surface area contributed by atoms with Crippen molar-refractivity contribution in [2.75, 3.05) is 0 Å². The molecular formula is C31H23F3N4OS. The summed E-state index contributed by atoms with van der Waals surface area (Å²) in [7, 11) is 1.82. The zero-order valence-electron chi connectivity index (χ0n) is 21.6. The summed E-state index contributed by atoms with van der Waals surface area (Å²) in [4.78, 5) is 19.2. The first-order chi connectivity index (χ1) is 19.2. The number of fused-ring (bicyclic) bond motifs is 1. The Bertz CT molecular complexity index is 1980. The molecule has 40 heavy (non-hydrogen) atoms. The Hall–Kier alpha value is -4.63. The van der Waals surface area contributed by atoms with Crippen molar-refractivity contribution >= 4 is 27.8 Å². The first-order valence-electron chi connectivity index (χ1n) is 12.5. The Morgan fingerprint density at radius 3 is 2.20 bits per heavy atom. The maximum Gasteiger partial charge on any atom is 0.416 e. The van der Waals surface area contributed by atoms with E-state index in [1.165, 1.54) is 23.5 Å². The Balaban J connectivity index is 1.61. The number of para-hydroxylation sites is 1. The molecule has 6 rings (SSSR count). The van der Waals surface area contributed by atoms with Crippen LogP contribution in [0.5, 0.6) is 0 Å². The molecule has 0 unspecified atom stereocenters. The summed E-state index contributed by atoms with van der Waals surface area (Å²) in [5, 5.41) is 4.06. The molecule has 6 aromatic rings. The van der Waals surface area contributed by atoms with Gasteiger partial charge in [0.15, 0.2) is 4.80 Å². The van der Waals surface area contributed by atoms with Crippen molar-refractivity contribution in [3.63, 3.8) is 0 Å². The summed E-state index contributed by atoms with van der Waals surface area (Å²) in [6, 6.07) is 28.1. The molecule has 0 aliphatic carbocycles. The largest absolute Gasteiger partial charge is 0.416 e. The van der Waals surface area contributed by atoms with Gasteiger partial charge in [-0.15, -0.1) is 11.3 Å². The lowest BCUT2D eigenvalue weighted by atomic mass is 10.1. The molecule has 0 amide bonds. The SMILES string of the molecule is Cc1c(-n2c(-c3ccc4ccccc4c3)csc2=Nc2ccc(C(F)(F)F)cc2)c(=O)n(-c2ccccc2)n1C. The maximum absolute atomic E-state index is 14.0. The van der Waals surface area contributed by atoms with Gasteiger partial charge in [-0.1, -0.05) is 54.6 Å². The van der Waals surface area contributed by atoms with Gasteiger partial charge in [-0.3, -0.25) is 14.0 Å². The molecule has 9 heteroatoms. The fourth-order valence-corrected chi connectivity index (χ4v) is 5.71. The number of benzene rings is 4. The number of halogens is 3. The summed E-state index contributed by atoms with van der Waals surface area (Å²) in [6.45, 7) is 1.87. The normalized spacial score (nSPS) is 12.4. The minimum Gasteiger partial charge on any atom is -0.283 e. The molecule has 0 fully saturated rings. The highest BCUT2D eigenvalue weighted by atomic mass is 32.1. The number of hydrogen-bond donors (Lipinski definition) is 0. The first-order valence-corrected chi connectivity index (χ1v) is 13.4. The summed E-state index contributed by atoms with van der Waals surface area (Å²) >= 11 is 1.32. The topological polar surface area (TPSA) is 44.2 Å². The molecule has 0 saturated heterocycles. The fourth-order valence-electron chi connectivity index (χ4n) is 4.80. The van der Waals surface area contributed by atoms with Crippen LogP contribution in [0.4, 0.5) is 18.9 Å². The maximum atomic E-state index is 14.0. The highest BCUT2D eigenvalue weighted by molar-refractivity contribution is 7.07. The fraction of sp³-hybridized carbons (Fsp3) is 0.0968. The van der Waals surface area contributed by atoms with E-state index < -0.39 is 11.7 Å². The van der Waals surface area contributed by atoms with Crippen LogP contribution in [0.3, 0.4) is 0 Å². The van der Waals surface area contributed by atoms with Crippen LogP contribution in [0, 0.1) is 6.92 Å². The molecule has 2 aromatic heterocycles. The lowest BCUT2D eigenvalue weighted by Gasteiger charge is -2.10. The van der Waals surface area contributed by atoms with E-state index >= 15 is 0 Å². The molecule has 4 aromatic carbocycles. The smallest absolute Gasteiger partial charge is 0.283 e. The van der Waals surface area contributed by atoms with Gasteiger partial charge in [0, 0.05) is 18.0 Å². The van der Waals surface area contributed by atoms with Gasteiger partial charge in [-0.2, -0.15) is 13.2 Å². The third-order valence-corrected chi connectivity index (χ3v) is 7.75. The minimum absolute atomic E-state index is 0.236. The van der Waals surface area contributed by atoms with E-state index in [1.54, 1.807) is 9.36 Å². The summed E-state index contributed by atoms with van der Waals surface area (Å²) < 4.78 is 44.6. The van der Waals surface area contributed by atoms with Crippen LogP contribution in [0.1, 0.15) is 11.3 Å². The van der Waals surface area contributed by atoms with Gasteiger partial charge in [0.2, 0.25) is 0 Å². The van der Waals surface area contributed by atoms with Crippen LogP contribution in [-0.4, -0.2) is 13.9 Å². The highest BCUT2D eigenvalue weighted by Gasteiger charge is 2.30. The molecule has 0 aliphatic heterocycles. The quantitative estimate of drug-likeness (QED) is 0.223. The Morgan fingerprint density at radius 2 is 1.50 bits per heavy atom. The van der Waals surface area contributed by atoms with E-state index in [4.69, 9.17) is 4.99 Å². The zero-order chi connectivity index (χ0) is 28.0. The van der Waals surface area contributed by atoms with Crippen LogP contribution in [0.25, 0.3) is 33.4 Å². The van der Waals surface area contributed by atoms with Crippen LogP contribution < -0.4 is 10.4 Å². The van der Waals surface area contributed by atoms with Gasteiger partial charge < -0.3 is 0 Å². The van der Waals surface area contributed by atoms with Crippen molar-refractivity contribution in [1.82, 2.24) is 13.9 Å². The Morgan fingerprint density at radius 1 is 0.825 bits per heavy atom. The predicted molar refractivity (Wildman–Crippen MR) is 153 cm³/mol. The third kappa shape index (κ3) is 4.48. The summed E-state index contributed by atoms with van der Waals surface area (Å²) in [5.74, 6) is 0. The Labute approximate surface area is 231 Å². The van der Waals surface area contributed by atoms with Crippen molar-refractivity contribution in [3.8, 4) is 22.6 Å². The number of aromatic nitrogens is 3. The van der Waals surface area contributed by atoms with Crippen LogP contribution in [-0.2, 0) is 13.2 Å². The minimum atomic E-state index is -4.44. The monoisotopic (exact) mass is 556 g/mol. The number of alkyl halides is 3. The molecular weight excluding hydrogens is 533 g/mol. The van der Waals surface area contributed by atoms with Crippen molar-refractivity contribution in [3.05, 3.63) is 129 Å². The third-order valence-electron chi connectivity index (χ3n) is 6.92.